The molecule has 0 unspecified atom stereocenters. The van der Waals surface area contributed by atoms with Crippen LogP contribution in [0.1, 0.15) is 24.3 Å². The maximum absolute atomic E-state index is 12.2. The van der Waals surface area contributed by atoms with E-state index < -0.39 is 11.4 Å². The molecule has 2 aromatic rings. The molecule has 0 amide bonds. The summed E-state index contributed by atoms with van der Waals surface area (Å²) >= 11 is 0. The average Bonchev–Trinajstić information content (AvgIpc) is 3.20. The minimum absolute atomic E-state index is 0.0561. The fourth-order valence-corrected chi connectivity index (χ4v) is 4.40. The lowest BCUT2D eigenvalue weighted by Crippen LogP contribution is -2.41. The zero-order valence-corrected chi connectivity index (χ0v) is 15.0. The maximum atomic E-state index is 12.2. The first-order chi connectivity index (χ1) is 12.6. The fourth-order valence-electron chi connectivity index (χ4n) is 4.40. The highest BCUT2D eigenvalue weighted by Crippen LogP contribution is 2.43. The van der Waals surface area contributed by atoms with Crippen molar-refractivity contribution in [2.45, 2.75) is 26.3 Å². The van der Waals surface area contributed by atoms with Gasteiger partial charge >= 0.3 is 5.97 Å². The van der Waals surface area contributed by atoms with Crippen LogP contribution in [0.25, 0.3) is 0 Å². The molecule has 4 heterocycles. The number of anilines is 1. The normalized spacial score (nSPS) is 26.5. The Labute approximate surface area is 152 Å². The van der Waals surface area contributed by atoms with Gasteiger partial charge in [0.2, 0.25) is 0 Å². The number of furan rings is 1. The lowest BCUT2D eigenvalue weighted by molar-refractivity contribution is -0.150. The second kappa shape index (κ2) is 6.72. The van der Waals surface area contributed by atoms with Crippen molar-refractivity contribution in [2.24, 2.45) is 11.3 Å². The number of carboxylic acid groups (broad SMARTS) is 1. The third-order valence-corrected chi connectivity index (χ3v) is 5.75. The summed E-state index contributed by atoms with van der Waals surface area (Å²) in [6.45, 7) is 5.41. The van der Waals surface area contributed by atoms with Gasteiger partial charge in [-0.3, -0.25) is 9.69 Å². The van der Waals surface area contributed by atoms with Gasteiger partial charge in [-0.15, -0.1) is 5.10 Å². The zero-order valence-electron chi connectivity index (χ0n) is 15.0. The molecule has 7 heteroatoms. The zero-order chi connectivity index (χ0) is 18.1. The molecule has 4 rings (SSSR count). The van der Waals surface area contributed by atoms with Gasteiger partial charge in [0.25, 0.3) is 0 Å². The molecular formula is C19H24N4O3. The Bertz CT molecular complexity index is 762. The van der Waals surface area contributed by atoms with Crippen molar-refractivity contribution in [3.63, 3.8) is 0 Å². The quantitative estimate of drug-likeness (QED) is 0.899. The Kier molecular flexibility index (Phi) is 4.40. The van der Waals surface area contributed by atoms with E-state index in [-0.39, 0.29) is 5.92 Å². The van der Waals surface area contributed by atoms with E-state index in [1.807, 2.05) is 31.2 Å². The number of hydrogen-bond donors (Lipinski definition) is 1. The molecule has 2 atom stereocenters. The molecule has 7 nitrogen and oxygen atoms in total. The second-order valence-electron chi connectivity index (χ2n) is 7.49. The Morgan fingerprint density at radius 2 is 2.23 bits per heavy atom. The van der Waals surface area contributed by atoms with Crippen LogP contribution >= 0.6 is 0 Å². The van der Waals surface area contributed by atoms with Gasteiger partial charge < -0.3 is 14.4 Å². The van der Waals surface area contributed by atoms with Crippen LogP contribution in [-0.2, 0) is 11.3 Å². The van der Waals surface area contributed by atoms with E-state index in [2.05, 4.69) is 20.0 Å². The van der Waals surface area contributed by atoms with Crippen LogP contribution in [0.5, 0.6) is 0 Å². The summed E-state index contributed by atoms with van der Waals surface area (Å²) in [6, 6.07) is 7.74. The molecule has 0 spiro atoms. The molecule has 0 saturated carbocycles. The number of likely N-dealkylation sites (tertiary alicyclic amines) is 1. The number of rotatable bonds is 4. The molecule has 2 aliphatic heterocycles. The van der Waals surface area contributed by atoms with Crippen molar-refractivity contribution in [1.29, 1.82) is 0 Å². The molecule has 138 valence electrons. The number of nitrogens with zero attached hydrogens (tertiary/aromatic N) is 4. The van der Waals surface area contributed by atoms with E-state index in [1.165, 1.54) is 0 Å². The van der Waals surface area contributed by atoms with Crippen molar-refractivity contribution in [2.75, 3.05) is 31.1 Å². The van der Waals surface area contributed by atoms with Gasteiger partial charge in [-0.25, -0.2) is 0 Å². The summed E-state index contributed by atoms with van der Waals surface area (Å²) in [5.74, 6) is 1.09. The molecule has 0 aromatic carbocycles. The van der Waals surface area contributed by atoms with Gasteiger partial charge in [0.05, 0.1) is 23.9 Å². The van der Waals surface area contributed by atoms with E-state index in [4.69, 9.17) is 4.42 Å². The van der Waals surface area contributed by atoms with E-state index in [9.17, 15) is 9.90 Å². The van der Waals surface area contributed by atoms with Crippen molar-refractivity contribution in [3.8, 4) is 0 Å². The predicted molar refractivity (Wildman–Crippen MR) is 95.8 cm³/mol. The third kappa shape index (κ3) is 3.07. The van der Waals surface area contributed by atoms with Gasteiger partial charge in [0.15, 0.2) is 5.82 Å². The molecule has 2 aromatic heterocycles. The van der Waals surface area contributed by atoms with E-state index in [1.54, 1.807) is 6.26 Å². The number of hydrogen-bond acceptors (Lipinski definition) is 6. The first-order valence-corrected chi connectivity index (χ1v) is 9.10. The molecule has 0 bridgehead atoms. The van der Waals surface area contributed by atoms with Crippen LogP contribution in [0.15, 0.2) is 34.9 Å². The highest BCUT2D eigenvalue weighted by molar-refractivity contribution is 5.76. The summed E-state index contributed by atoms with van der Waals surface area (Å²) < 4.78 is 5.45. The minimum Gasteiger partial charge on any atom is -0.481 e. The van der Waals surface area contributed by atoms with Gasteiger partial charge in [0, 0.05) is 32.1 Å². The van der Waals surface area contributed by atoms with Gasteiger partial charge in [-0.1, -0.05) is 0 Å². The largest absolute Gasteiger partial charge is 0.481 e. The van der Waals surface area contributed by atoms with E-state index in [0.29, 0.717) is 26.1 Å². The van der Waals surface area contributed by atoms with Crippen LogP contribution in [0.4, 0.5) is 5.82 Å². The number of aromatic nitrogens is 2. The van der Waals surface area contributed by atoms with E-state index >= 15 is 0 Å². The van der Waals surface area contributed by atoms with Crippen LogP contribution in [-0.4, -0.2) is 52.4 Å². The molecule has 0 aliphatic carbocycles. The number of aryl methyl sites for hydroxylation is 1. The monoisotopic (exact) mass is 356 g/mol. The smallest absolute Gasteiger partial charge is 0.311 e. The summed E-state index contributed by atoms with van der Waals surface area (Å²) in [4.78, 5) is 16.7. The van der Waals surface area contributed by atoms with E-state index in [0.717, 1.165) is 36.8 Å². The average molecular weight is 356 g/mol. The summed E-state index contributed by atoms with van der Waals surface area (Å²) in [7, 11) is 0. The standard InChI is InChI=1S/C19H24N4O3/c1-14-5-6-17(21-20-14)23-8-3-7-19(18(24)25)13-22(10-15(19)11-23)12-16-4-2-9-26-16/h2,4-6,9,15H,3,7-8,10-13H2,1H3,(H,24,25)/t15-,19+/m0/s1. The SMILES string of the molecule is Cc1ccc(N2CCC[C@@]3(C(=O)O)CN(Cc4ccco4)C[C@H]3C2)nn1. The lowest BCUT2D eigenvalue weighted by Gasteiger charge is -2.30. The van der Waals surface area contributed by atoms with Crippen LogP contribution in [0, 0.1) is 18.3 Å². The topological polar surface area (TPSA) is 82.7 Å². The number of carboxylic acids is 1. The Morgan fingerprint density at radius 3 is 2.92 bits per heavy atom. The van der Waals surface area contributed by atoms with Gasteiger partial charge in [-0.2, -0.15) is 5.10 Å². The van der Waals surface area contributed by atoms with Crippen molar-refractivity contribution in [1.82, 2.24) is 15.1 Å². The second-order valence-corrected chi connectivity index (χ2v) is 7.49. The number of carbonyl (C=O) groups is 1. The van der Waals surface area contributed by atoms with Crippen LogP contribution in [0.2, 0.25) is 0 Å². The summed E-state index contributed by atoms with van der Waals surface area (Å²) in [5, 5.41) is 18.5. The summed E-state index contributed by atoms with van der Waals surface area (Å²) in [5.41, 5.74) is 0.188. The molecule has 1 N–H and O–H groups in total. The first kappa shape index (κ1) is 17.0. The van der Waals surface area contributed by atoms with Crippen molar-refractivity contribution >= 4 is 11.8 Å². The van der Waals surface area contributed by atoms with Gasteiger partial charge in [-0.05, 0) is 44.0 Å². The van der Waals surface area contributed by atoms with Crippen molar-refractivity contribution < 1.29 is 14.3 Å². The molecule has 2 fully saturated rings. The van der Waals surface area contributed by atoms with Crippen LogP contribution in [0.3, 0.4) is 0 Å². The fraction of sp³-hybridized carbons (Fsp3) is 0.526. The Hall–Kier alpha value is -2.41. The molecule has 0 radical (unpaired) electrons. The Balaban J connectivity index is 1.56. The highest BCUT2D eigenvalue weighted by Gasteiger charge is 2.53. The maximum Gasteiger partial charge on any atom is 0.311 e. The minimum atomic E-state index is -0.695. The van der Waals surface area contributed by atoms with Gasteiger partial charge in [0.1, 0.15) is 5.76 Å². The highest BCUT2D eigenvalue weighted by atomic mass is 16.4. The van der Waals surface area contributed by atoms with Crippen molar-refractivity contribution in [3.05, 3.63) is 42.0 Å². The number of fused-ring (bicyclic) bond motifs is 1. The third-order valence-electron chi connectivity index (χ3n) is 5.75. The summed E-state index contributed by atoms with van der Waals surface area (Å²) in [6.07, 6.45) is 3.19. The molecule has 2 aliphatic rings. The molecule has 26 heavy (non-hydrogen) atoms. The lowest BCUT2D eigenvalue weighted by atomic mass is 9.75. The first-order valence-electron chi connectivity index (χ1n) is 9.10. The Morgan fingerprint density at radius 1 is 1.35 bits per heavy atom. The predicted octanol–water partition coefficient (Wildman–Crippen LogP) is 2.18. The molecule has 2 saturated heterocycles. The molecular weight excluding hydrogens is 332 g/mol. The van der Waals surface area contributed by atoms with Crippen LogP contribution < -0.4 is 4.90 Å². The number of aliphatic carboxylic acids is 1.